The van der Waals surface area contributed by atoms with E-state index in [-0.39, 0.29) is 6.10 Å². The van der Waals surface area contributed by atoms with Crippen molar-refractivity contribution in [3.05, 3.63) is 60.2 Å². The molecule has 4 atom stereocenters. The van der Waals surface area contributed by atoms with Crippen LogP contribution in [0.4, 0.5) is 0 Å². The highest BCUT2D eigenvalue weighted by atomic mass is 16.7. The average molecular weight is 312 g/mol. The summed E-state index contributed by atoms with van der Waals surface area (Å²) >= 11 is 0. The van der Waals surface area contributed by atoms with Crippen molar-refractivity contribution < 1.29 is 9.47 Å². The van der Waals surface area contributed by atoms with Crippen LogP contribution < -0.4 is 0 Å². The first-order chi connectivity index (χ1) is 11.3. The van der Waals surface area contributed by atoms with Gasteiger partial charge in [-0.3, -0.25) is 0 Å². The molecule has 0 heterocycles. The summed E-state index contributed by atoms with van der Waals surface area (Å²) in [6.45, 7) is 7.30. The minimum Gasteiger partial charge on any atom is -0.351 e. The predicted octanol–water partition coefficient (Wildman–Crippen LogP) is 5.11. The van der Waals surface area contributed by atoms with E-state index in [1.54, 1.807) is 0 Å². The minimum atomic E-state index is 0.260. The van der Waals surface area contributed by atoms with Crippen LogP contribution >= 0.6 is 0 Å². The van der Waals surface area contributed by atoms with E-state index in [1.165, 1.54) is 36.8 Å². The molecule has 0 radical (unpaired) electrons. The molecule has 1 aromatic carbocycles. The second-order valence-corrected chi connectivity index (χ2v) is 6.95. The van der Waals surface area contributed by atoms with Gasteiger partial charge in [0.05, 0.1) is 12.7 Å². The van der Waals surface area contributed by atoms with Gasteiger partial charge in [-0.1, -0.05) is 54.6 Å². The molecular formula is C21H28O2. The fourth-order valence-electron chi connectivity index (χ4n) is 4.10. The summed E-state index contributed by atoms with van der Waals surface area (Å²) < 4.78 is 12.0. The Morgan fingerprint density at radius 2 is 2.00 bits per heavy atom. The Morgan fingerprint density at radius 1 is 1.17 bits per heavy atom. The number of benzene rings is 1. The van der Waals surface area contributed by atoms with Crippen LogP contribution in [0.25, 0.3) is 0 Å². The van der Waals surface area contributed by atoms with Crippen LogP contribution in [0.5, 0.6) is 0 Å². The number of rotatable bonds is 7. The van der Waals surface area contributed by atoms with E-state index in [4.69, 9.17) is 9.47 Å². The van der Waals surface area contributed by atoms with Gasteiger partial charge in [-0.05, 0) is 50.0 Å². The molecule has 1 fully saturated rings. The summed E-state index contributed by atoms with van der Waals surface area (Å²) in [5, 5.41) is 0. The van der Waals surface area contributed by atoms with Crippen LogP contribution in [0.3, 0.4) is 0 Å². The van der Waals surface area contributed by atoms with Gasteiger partial charge >= 0.3 is 0 Å². The first-order valence-electron chi connectivity index (χ1n) is 8.81. The highest BCUT2D eigenvalue weighted by molar-refractivity contribution is 5.13. The van der Waals surface area contributed by atoms with Crippen LogP contribution in [0, 0.1) is 17.8 Å². The quantitative estimate of drug-likeness (QED) is 0.395. The van der Waals surface area contributed by atoms with Crippen molar-refractivity contribution in [2.45, 2.75) is 45.3 Å². The molecule has 0 spiro atoms. The van der Waals surface area contributed by atoms with Crippen LogP contribution in [0.1, 0.15) is 38.2 Å². The third kappa shape index (κ3) is 4.13. The molecule has 0 saturated heterocycles. The van der Waals surface area contributed by atoms with E-state index < -0.39 is 0 Å². The van der Waals surface area contributed by atoms with Crippen molar-refractivity contribution in [2.24, 2.45) is 17.8 Å². The monoisotopic (exact) mass is 312 g/mol. The van der Waals surface area contributed by atoms with Crippen molar-refractivity contribution in [1.29, 1.82) is 0 Å². The smallest absolute Gasteiger partial charge is 0.147 e. The van der Waals surface area contributed by atoms with Gasteiger partial charge in [-0.2, -0.15) is 0 Å². The Labute approximate surface area is 140 Å². The lowest BCUT2D eigenvalue weighted by Gasteiger charge is -2.28. The van der Waals surface area contributed by atoms with Crippen LogP contribution in [-0.2, 0) is 16.1 Å². The lowest BCUT2D eigenvalue weighted by Crippen LogP contribution is -2.30. The number of allylic oxidation sites excluding steroid dienone is 2. The molecular weight excluding hydrogens is 284 g/mol. The highest BCUT2D eigenvalue weighted by Crippen LogP contribution is 2.44. The Hall–Kier alpha value is -1.38. The Bertz CT molecular complexity index is 534. The van der Waals surface area contributed by atoms with Crippen LogP contribution in [-0.4, -0.2) is 12.9 Å². The maximum atomic E-state index is 6.21. The molecule has 2 heteroatoms. The zero-order chi connectivity index (χ0) is 16.1. The molecule has 0 aliphatic heterocycles. The summed E-state index contributed by atoms with van der Waals surface area (Å²) in [7, 11) is 0. The molecule has 1 aromatic rings. The van der Waals surface area contributed by atoms with Crippen LogP contribution in [0.2, 0.25) is 0 Å². The van der Waals surface area contributed by atoms with E-state index in [0.29, 0.717) is 31.2 Å². The molecule has 0 unspecified atom stereocenters. The van der Waals surface area contributed by atoms with Crippen molar-refractivity contribution in [1.82, 2.24) is 0 Å². The van der Waals surface area contributed by atoms with Crippen molar-refractivity contribution >= 4 is 0 Å². The fraction of sp³-hybridized carbons (Fsp3) is 0.524. The molecule has 2 aliphatic rings. The normalized spacial score (nSPS) is 30.0. The lowest BCUT2D eigenvalue weighted by atomic mass is 9.86. The second-order valence-electron chi connectivity index (χ2n) is 6.95. The molecule has 1 saturated carbocycles. The molecule has 0 amide bonds. The highest BCUT2D eigenvalue weighted by Gasteiger charge is 2.41. The third-order valence-electron chi connectivity index (χ3n) is 5.32. The van der Waals surface area contributed by atoms with Gasteiger partial charge in [0.2, 0.25) is 0 Å². The Balaban J connectivity index is 1.53. The molecule has 2 aliphatic carbocycles. The largest absolute Gasteiger partial charge is 0.351 e. The van der Waals surface area contributed by atoms with E-state index in [0.717, 1.165) is 0 Å². The lowest BCUT2D eigenvalue weighted by molar-refractivity contribution is -0.118. The summed E-state index contributed by atoms with van der Waals surface area (Å²) in [6.07, 6.45) is 9.92. The summed E-state index contributed by atoms with van der Waals surface area (Å²) in [6, 6.07) is 10.3. The maximum absolute atomic E-state index is 6.21. The number of hydrogen-bond donors (Lipinski definition) is 0. The molecule has 23 heavy (non-hydrogen) atoms. The molecule has 2 nitrogen and oxygen atoms in total. The fourth-order valence-corrected chi connectivity index (χ4v) is 4.10. The zero-order valence-corrected chi connectivity index (χ0v) is 14.1. The molecule has 0 bridgehead atoms. The number of ether oxygens (including phenoxy) is 2. The van der Waals surface area contributed by atoms with Crippen molar-refractivity contribution in [2.75, 3.05) is 6.79 Å². The van der Waals surface area contributed by atoms with Crippen molar-refractivity contribution in [3.8, 4) is 0 Å². The van der Waals surface area contributed by atoms with Gasteiger partial charge in [0.1, 0.15) is 6.79 Å². The zero-order valence-electron chi connectivity index (χ0n) is 14.1. The van der Waals surface area contributed by atoms with Gasteiger partial charge < -0.3 is 9.47 Å². The van der Waals surface area contributed by atoms with E-state index in [2.05, 4.69) is 37.8 Å². The van der Waals surface area contributed by atoms with Gasteiger partial charge in [-0.25, -0.2) is 0 Å². The van der Waals surface area contributed by atoms with Gasteiger partial charge in [0, 0.05) is 5.92 Å². The van der Waals surface area contributed by atoms with Crippen molar-refractivity contribution in [3.63, 3.8) is 0 Å². The Morgan fingerprint density at radius 3 is 2.70 bits per heavy atom. The average Bonchev–Trinajstić information content (AvgIpc) is 3.21. The molecule has 3 rings (SSSR count). The molecule has 124 valence electrons. The van der Waals surface area contributed by atoms with Gasteiger partial charge in [0.25, 0.3) is 0 Å². The Kier molecular flexibility index (Phi) is 5.69. The van der Waals surface area contributed by atoms with E-state index >= 15 is 0 Å². The SMILES string of the molecule is C=C(C)[C@@H]1CC[C@H]([C@H]2C=CCC2)[C@@H]1OCOCc1ccccc1. The van der Waals surface area contributed by atoms with E-state index in [9.17, 15) is 0 Å². The van der Waals surface area contributed by atoms with Crippen LogP contribution in [0.15, 0.2) is 54.6 Å². The topological polar surface area (TPSA) is 18.5 Å². The molecule has 0 aromatic heterocycles. The predicted molar refractivity (Wildman–Crippen MR) is 93.9 cm³/mol. The van der Waals surface area contributed by atoms with Gasteiger partial charge in [0.15, 0.2) is 0 Å². The number of hydrogen-bond acceptors (Lipinski definition) is 2. The first-order valence-corrected chi connectivity index (χ1v) is 8.81. The molecule has 0 N–H and O–H groups in total. The third-order valence-corrected chi connectivity index (χ3v) is 5.32. The standard InChI is InChI=1S/C21H28O2/c1-16(2)19-12-13-20(18-10-6-7-11-18)21(19)23-15-22-14-17-8-4-3-5-9-17/h3-6,8-10,18-21H,1,7,11-15H2,2H3/t18-,19-,20+,21+/m0/s1. The van der Waals surface area contributed by atoms with E-state index in [1.807, 2.05) is 18.2 Å². The summed E-state index contributed by atoms with van der Waals surface area (Å²) in [4.78, 5) is 0. The maximum Gasteiger partial charge on any atom is 0.147 e. The minimum absolute atomic E-state index is 0.260. The summed E-state index contributed by atoms with van der Waals surface area (Å²) in [5.41, 5.74) is 2.44. The first kappa shape index (κ1) is 16.5. The van der Waals surface area contributed by atoms with Gasteiger partial charge in [-0.15, -0.1) is 0 Å². The summed E-state index contributed by atoms with van der Waals surface area (Å²) in [5.74, 6) is 1.78. The second kappa shape index (κ2) is 7.94.